The van der Waals surface area contributed by atoms with Crippen LogP contribution >= 0.6 is 0 Å². The van der Waals surface area contributed by atoms with E-state index < -0.39 is 0 Å². The summed E-state index contributed by atoms with van der Waals surface area (Å²) in [5, 5.41) is 6.19. The van der Waals surface area contributed by atoms with Crippen molar-refractivity contribution in [2.24, 2.45) is 0 Å². The van der Waals surface area contributed by atoms with Gasteiger partial charge in [0.05, 0.1) is 18.7 Å². The van der Waals surface area contributed by atoms with Crippen molar-refractivity contribution in [3.8, 4) is 0 Å². The average molecular weight is 284 g/mol. The standard InChI is InChI=1S/C17H20N2O2/c1-18-17(20)11-12-5-7-13(8-6-12)19-15-3-2-4-16-14(15)9-10-21-16/h5-10,15,19H,2-4,11H2,1H3,(H,18,20). The van der Waals surface area contributed by atoms with Gasteiger partial charge in [0.25, 0.3) is 0 Å². The third-order valence-electron chi connectivity index (χ3n) is 3.99. The molecule has 3 rings (SSSR count). The Morgan fingerprint density at radius 2 is 2.10 bits per heavy atom. The van der Waals surface area contributed by atoms with Crippen LogP contribution in [0.4, 0.5) is 5.69 Å². The Labute approximate surface area is 124 Å². The van der Waals surface area contributed by atoms with E-state index in [2.05, 4.69) is 16.7 Å². The molecule has 1 heterocycles. The van der Waals surface area contributed by atoms with E-state index in [0.29, 0.717) is 12.5 Å². The lowest BCUT2D eigenvalue weighted by Crippen LogP contribution is -2.20. The Kier molecular flexibility index (Phi) is 3.95. The lowest BCUT2D eigenvalue weighted by atomic mass is 9.93. The van der Waals surface area contributed by atoms with Gasteiger partial charge in [-0.15, -0.1) is 0 Å². The molecule has 0 saturated carbocycles. The van der Waals surface area contributed by atoms with Gasteiger partial charge in [0.15, 0.2) is 0 Å². The second-order valence-corrected chi connectivity index (χ2v) is 5.44. The van der Waals surface area contributed by atoms with Gasteiger partial charge < -0.3 is 15.1 Å². The van der Waals surface area contributed by atoms with Crippen LogP contribution in [0.15, 0.2) is 41.0 Å². The van der Waals surface area contributed by atoms with Gasteiger partial charge in [-0.2, -0.15) is 0 Å². The number of carbonyl (C=O) groups excluding carboxylic acids is 1. The first-order chi connectivity index (χ1) is 10.3. The summed E-state index contributed by atoms with van der Waals surface area (Å²) in [6, 6.07) is 10.4. The minimum atomic E-state index is 0.0334. The molecular formula is C17H20N2O2. The van der Waals surface area contributed by atoms with Gasteiger partial charge in [0.2, 0.25) is 5.91 Å². The molecule has 0 radical (unpaired) electrons. The summed E-state index contributed by atoms with van der Waals surface area (Å²) in [5.74, 6) is 1.14. The molecule has 0 bridgehead atoms. The number of fused-ring (bicyclic) bond motifs is 1. The molecule has 4 heteroatoms. The Balaban J connectivity index is 1.68. The Bertz CT molecular complexity index is 616. The quantitative estimate of drug-likeness (QED) is 0.907. The molecule has 21 heavy (non-hydrogen) atoms. The molecule has 110 valence electrons. The second kappa shape index (κ2) is 6.04. The van der Waals surface area contributed by atoms with Crippen molar-refractivity contribution >= 4 is 11.6 Å². The highest BCUT2D eigenvalue weighted by Crippen LogP contribution is 2.33. The van der Waals surface area contributed by atoms with Crippen LogP contribution in [-0.4, -0.2) is 13.0 Å². The summed E-state index contributed by atoms with van der Waals surface area (Å²) in [5.41, 5.74) is 3.37. The summed E-state index contributed by atoms with van der Waals surface area (Å²) in [6.45, 7) is 0. The van der Waals surface area contributed by atoms with E-state index >= 15 is 0 Å². The van der Waals surface area contributed by atoms with Gasteiger partial charge in [0, 0.05) is 24.7 Å². The third-order valence-corrected chi connectivity index (χ3v) is 3.99. The topological polar surface area (TPSA) is 54.3 Å². The summed E-state index contributed by atoms with van der Waals surface area (Å²) < 4.78 is 5.51. The Morgan fingerprint density at radius 1 is 1.29 bits per heavy atom. The van der Waals surface area contributed by atoms with E-state index in [4.69, 9.17) is 4.42 Å². The number of hydrogen-bond acceptors (Lipinski definition) is 3. The number of carbonyl (C=O) groups is 1. The number of aryl methyl sites for hydroxylation is 1. The highest BCUT2D eigenvalue weighted by molar-refractivity contribution is 5.78. The Hall–Kier alpha value is -2.23. The van der Waals surface area contributed by atoms with Crippen LogP contribution in [0.1, 0.15) is 35.8 Å². The molecule has 0 fully saturated rings. The first-order valence-electron chi connectivity index (χ1n) is 7.38. The van der Waals surface area contributed by atoms with Crippen molar-refractivity contribution < 1.29 is 9.21 Å². The summed E-state index contributed by atoms with van der Waals surface area (Å²) in [4.78, 5) is 11.4. The molecule has 1 aromatic heterocycles. The van der Waals surface area contributed by atoms with Crippen LogP contribution in [-0.2, 0) is 17.6 Å². The van der Waals surface area contributed by atoms with Crippen molar-refractivity contribution in [3.63, 3.8) is 0 Å². The molecule has 0 spiro atoms. The smallest absolute Gasteiger partial charge is 0.224 e. The number of hydrogen-bond donors (Lipinski definition) is 2. The fourth-order valence-corrected chi connectivity index (χ4v) is 2.83. The molecule has 2 N–H and O–H groups in total. The molecule has 1 amide bonds. The zero-order chi connectivity index (χ0) is 14.7. The second-order valence-electron chi connectivity index (χ2n) is 5.44. The lowest BCUT2D eigenvalue weighted by Gasteiger charge is -2.23. The van der Waals surface area contributed by atoms with Crippen molar-refractivity contribution in [3.05, 3.63) is 53.5 Å². The molecular weight excluding hydrogens is 264 g/mol. The number of benzene rings is 1. The maximum absolute atomic E-state index is 11.4. The SMILES string of the molecule is CNC(=O)Cc1ccc(NC2CCCc3occc32)cc1. The summed E-state index contributed by atoms with van der Waals surface area (Å²) in [7, 11) is 1.66. The highest BCUT2D eigenvalue weighted by atomic mass is 16.3. The van der Waals surface area contributed by atoms with E-state index in [1.807, 2.05) is 24.3 Å². The van der Waals surface area contributed by atoms with Gasteiger partial charge in [-0.3, -0.25) is 4.79 Å². The van der Waals surface area contributed by atoms with Crippen molar-refractivity contribution in [1.82, 2.24) is 5.32 Å². The zero-order valence-corrected chi connectivity index (χ0v) is 12.2. The lowest BCUT2D eigenvalue weighted by molar-refractivity contribution is -0.119. The van der Waals surface area contributed by atoms with Gasteiger partial charge in [-0.1, -0.05) is 12.1 Å². The number of anilines is 1. The number of amides is 1. The van der Waals surface area contributed by atoms with E-state index in [9.17, 15) is 4.79 Å². The third kappa shape index (κ3) is 3.10. The van der Waals surface area contributed by atoms with Gasteiger partial charge >= 0.3 is 0 Å². The van der Waals surface area contributed by atoms with Crippen LogP contribution in [0.5, 0.6) is 0 Å². The minimum absolute atomic E-state index is 0.0334. The van der Waals surface area contributed by atoms with Gasteiger partial charge in [-0.05, 0) is 36.6 Å². The molecule has 0 aliphatic heterocycles. The van der Waals surface area contributed by atoms with Crippen LogP contribution in [0.3, 0.4) is 0 Å². The number of furan rings is 1. The van der Waals surface area contributed by atoms with Crippen molar-refractivity contribution in [2.75, 3.05) is 12.4 Å². The van der Waals surface area contributed by atoms with Gasteiger partial charge in [-0.25, -0.2) is 0 Å². The fourth-order valence-electron chi connectivity index (χ4n) is 2.83. The molecule has 1 aliphatic rings. The summed E-state index contributed by atoms with van der Waals surface area (Å²) >= 11 is 0. The van der Waals surface area contributed by atoms with Crippen LogP contribution < -0.4 is 10.6 Å². The van der Waals surface area contributed by atoms with Gasteiger partial charge in [0.1, 0.15) is 5.76 Å². The first-order valence-corrected chi connectivity index (χ1v) is 7.38. The predicted molar refractivity (Wildman–Crippen MR) is 82.2 cm³/mol. The number of likely N-dealkylation sites (N-methyl/N-ethyl adjacent to an activating group) is 1. The molecule has 1 unspecified atom stereocenters. The normalized spacial score (nSPS) is 17.1. The molecule has 1 atom stereocenters. The van der Waals surface area contributed by atoms with E-state index in [0.717, 1.165) is 36.3 Å². The summed E-state index contributed by atoms with van der Waals surface area (Å²) in [6.07, 6.45) is 5.49. The maximum Gasteiger partial charge on any atom is 0.224 e. The largest absolute Gasteiger partial charge is 0.469 e. The molecule has 0 saturated heterocycles. The number of nitrogens with one attached hydrogen (secondary N) is 2. The maximum atomic E-state index is 11.4. The van der Waals surface area contributed by atoms with Crippen LogP contribution in [0.25, 0.3) is 0 Å². The van der Waals surface area contributed by atoms with Crippen molar-refractivity contribution in [1.29, 1.82) is 0 Å². The minimum Gasteiger partial charge on any atom is -0.469 e. The molecule has 4 nitrogen and oxygen atoms in total. The van der Waals surface area contributed by atoms with Crippen LogP contribution in [0.2, 0.25) is 0 Å². The van der Waals surface area contributed by atoms with E-state index in [1.165, 1.54) is 5.56 Å². The Morgan fingerprint density at radius 3 is 2.86 bits per heavy atom. The van der Waals surface area contributed by atoms with E-state index in [1.54, 1.807) is 13.3 Å². The molecule has 1 aromatic carbocycles. The average Bonchev–Trinajstić information content (AvgIpc) is 2.99. The van der Waals surface area contributed by atoms with Crippen molar-refractivity contribution in [2.45, 2.75) is 31.7 Å². The molecule has 1 aliphatic carbocycles. The van der Waals surface area contributed by atoms with Crippen LogP contribution in [0, 0.1) is 0 Å². The molecule has 2 aromatic rings. The fraction of sp³-hybridized carbons (Fsp3) is 0.353. The zero-order valence-electron chi connectivity index (χ0n) is 12.2. The highest BCUT2D eigenvalue weighted by Gasteiger charge is 2.22. The first kappa shape index (κ1) is 13.7. The van der Waals surface area contributed by atoms with E-state index in [-0.39, 0.29) is 5.91 Å². The monoisotopic (exact) mass is 284 g/mol. The number of rotatable bonds is 4. The predicted octanol–water partition coefficient (Wildman–Crippen LogP) is 3.06.